The number of nitro benzene ring substituents is 1. The number of hydrogen-bond donors (Lipinski definition) is 2. The SMILES string of the molecule is COCCNCCNS(=O)(=O)c1c([N+](=O)[O-])ccc(C)c1C. The van der Waals surface area contributed by atoms with E-state index in [1.54, 1.807) is 27.0 Å². The summed E-state index contributed by atoms with van der Waals surface area (Å²) in [5.74, 6) is 0. The smallest absolute Gasteiger partial charge is 0.289 e. The second-order valence-corrected chi connectivity index (χ2v) is 6.46. The van der Waals surface area contributed by atoms with Gasteiger partial charge in [-0.3, -0.25) is 10.1 Å². The van der Waals surface area contributed by atoms with Gasteiger partial charge in [0, 0.05) is 32.8 Å². The second-order valence-electron chi connectivity index (χ2n) is 4.75. The third-order valence-electron chi connectivity index (χ3n) is 3.20. The molecule has 0 spiro atoms. The highest BCUT2D eigenvalue weighted by molar-refractivity contribution is 7.89. The zero-order valence-electron chi connectivity index (χ0n) is 12.9. The Morgan fingerprint density at radius 3 is 2.50 bits per heavy atom. The first kappa shape index (κ1) is 18.5. The molecule has 9 heteroatoms. The molecular formula is C13H21N3O5S. The largest absolute Gasteiger partial charge is 0.383 e. The van der Waals surface area contributed by atoms with Gasteiger partial charge in [-0.1, -0.05) is 6.07 Å². The van der Waals surface area contributed by atoms with Crippen molar-refractivity contribution in [3.8, 4) is 0 Å². The van der Waals surface area contributed by atoms with Crippen LogP contribution in [0.15, 0.2) is 17.0 Å². The molecule has 0 saturated carbocycles. The molecule has 0 unspecified atom stereocenters. The normalized spacial score (nSPS) is 11.6. The number of hydrogen-bond acceptors (Lipinski definition) is 6. The fraction of sp³-hybridized carbons (Fsp3) is 0.538. The molecule has 0 bridgehead atoms. The highest BCUT2D eigenvalue weighted by Gasteiger charge is 2.28. The van der Waals surface area contributed by atoms with E-state index in [2.05, 4.69) is 10.0 Å². The van der Waals surface area contributed by atoms with Crippen molar-refractivity contribution in [1.29, 1.82) is 0 Å². The van der Waals surface area contributed by atoms with E-state index in [9.17, 15) is 18.5 Å². The van der Waals surface area contributed by atoms with E-state index in [4.69, 9.17) is 4.74 Å². The summed E-state index contributed by atoms with van der Waals surface area (Å²) in [6.07, 6.45) is 0. The molecule has 124 valence electrons. The minimum atomic E-state index is -3.94. The Bertz CT molecular complexity index is 631. The number of ether oxygens (including phenoxy) is 1. The molecule has 0 aliphatic rings. The molecule has 0 fully saturated rings. The van der Waals surface area contributed by atoms with Gasteiger partial charge in [0.05, 0.1) is 11.5 Å². The van der Waals surface area contributed by atoms with E-state index in [-0.39, 0.29) is 11.4 Å². The van der Waals surface area contributed by atoms with Crippen molar-refractivity contribution in [3.63, 3.8) is 0 Å². The lowest BCUT2D eigenvalue weighted by Gasteiger charge is -2.12. The number of aryl methyl sites for hydroxylation is 1. The predicted octanol–water partition coefficient (Wildman–Crippen LogP) is 0.726. The highest BCUT2D eigenvalue weighted by Crippen LogP contribution is 2.28. The number of nitrogens with zero attached hydrogens (tertiary/aromatic N) is 1. The Hall–Kier alpha value is -1.55. The molecule has 0 aliphatic heterocycles. The van der Waals surface area contributed by atoms with Gasteiger partial charge in [0.15, 0.2) is 4.90 Å². The van der Waals surface area contributed by atoms with E-state index < -0.39 is 20.6 Å². The predicted molar refractivity (Wildman–Crippen MR) is 82.5 cm³/mol. The van der Waals surface area contributed by atoms with E-state index >= 15 is 0 Å². The summed E-state index contributed by atoms with van der Waals surface area (Å²) in [6, 6.07) is 2.76. The summed E-state index contributed by atoms with van der Waals surface area (Å²) >= 11 is 0. The Labute approximate surface area is 130 Å². The van der Waals surface area contributed by atoms with Crippen molar-refractivity contribution in [2.24, 2.45) is 0 Å². The molecule has 8 nitrogen and oxygen atoms in total. The molecule has 0 heterocycles. The maximum absolute atomic E-state index is 12.4. The van der Waals surface area contributed by atoms with Crippen LogP contribution in [0.2, 0.25) is 0 Å². The topological polar surface area (TPSA) is 111 Å². The Morgan fingerprint density at radius 1 is 1.23 bits per heavy atom. The Kier molecular flexibility index (Phi) is 6.88. The summed E-state index contributed by atoms with van der Waals surface area (Å²) in [7, 11) is -2.37. The van der Waals surface area contributed by atoms with Crippen LogP contribution >= 0.6 is 0 Å². The van der Waals surface area contributed by atoms with Crippen molar-refractivity contribution < 1.29 is 18.1 Å². The summed E-state index contributed by atoms with van der Waals surface area (Å²) in [5.41, 5.74) is 0.654. The van der Waals surface area contributed by atoms with Crippen LogP contribution in [0.25, 0.3) is 0 Å². The van der Waals surface area contributed by atoms with E-state index in [0.717, 1.165) is 0 Å². The molecule has 0 saturated heterocycles. The van der Waals surface area contributed by atoms with E-state index in [0.29, 0.717) is 30.8 Å². The number of nitrogens with one attached hydrogen (secondary N) is 2. The first-order valence-electron chi connectivity index (χ1n) is 6.75. The molecule has 0 aromatic heterocycles. The minimum absolute atomic E-state index is 0.135. The molecule has 2 N–H and O–H groups in total. The van der Waals surface area contributed by atoms with Crippen LogP contribution in [0, 0.1) is 24.0 Å². The fourth-order valence-electron chi connectivity index (χ4n) is 1.90. The number of nitro groups is 1. The lowest BCUT2D eigenvalue weighted by molar-refractivity contribution is -0.387. The number of sulfonamides is 1. The summed E-state index contributed by atoms with van der Waals surface area (Å²) in [5, 5.41) is 14.1. The number of rotatable bonds is 9. The van der Waals surface area contributed by atoms with Gasteiger partial charge in [-0.25, -0.2) is 13.1 Å². The highest BCUT2D eigenvalue weighted by atomic mass is 32.2. The van der Waals surface area contributed by atoms with Crippen LogP contribution in [0.4, 0.5) is 5.69 Å². The molecular weight excluding hydrogens is 310 g/mol. The van der Waals surface area contributed by atoms with Crippen molar-refractivity contribution in [2.75, 3.05) is 33.4 Å². The van der Waals surface area contributed by atoms with Crippen molar-refractivity contribution in [2.45, 2.75) is 18.7 Å². The van der Waals surface area contributed by atoms with Crippen LogP contribution in [-0.2, 0) is 14.8 Å². The van der Waals surface area contributed by atoms with Gasteiger partial charge < -0.3 is 10.1 Å². The lowest BCUT2D eigenvalue weighted by atomic mass is 10.1. The molecule has 1 rings (SSSR count). The monoisotopic (exact) mass is 331 g/mol. The van der Waals surface area contributed by atoms with Crippen LogP contribution in [0.3, 0.4) is 0 Å². The quantitative estimate of drug-likeness (QED) is 0.392. The number of benzene rings is 1. The summed E-state index contributed by atoms with van der Waals surface area (Å²) in [4.78, 5) is 10.1. The molecule has 1 aromatic rings. The molecule has 0 atom stereocenters. The zero-order chi connectivity index (χ0) is 16.8. The molecule has 0 aliphatic carbocycles. The Balaban J connectivity index is 2.89. The second kappa shape index (κ2) is 8.18. The first-order valence-corrected chi connectivity index (χ1v) is 8.23. The zero-order valence-corrected chi connectivity index (χ0v) is 13.7. The molecule has 22 heavy (non-hydrogen) atoms. The standard InChI is InChI=1S/C13H21N3O5S/c1-10-4-5-12(16(17)18)13(11(10)2)22(19,20)15-7-6-14-8-9-21-3/h4-5,14-15H,6-9H2,1-3H3. The molecule has 0 radical (unpaired) electrons. The number of methoxy groups -OCH3 is 1. The van der Waals surface area contributed by atoms with Crippen LogP contribution in [-0.4, -0.2) is 46.7 Å². The molecule has 1 aromatic carbocycles. The minimum Gasteiger partial charge on any atom is -0.383 e. The van der Waals surface area contributed by atoms with Crippen molar-refractivity contribution in [1.82, 2.24) is 10.0 Å². The van der Waals surface area contributed by atoms with Crippen LogP contribution < -0.4 is 10.0 Å². The van der Waals surface area contributed by atoms with Gasteiger partial charge in [0.1, 0.15) is 0 Å². The average Bonchev–Trinajstić information content (AvgIpc) is 2.44. The summed E-state index contributed by atoms with van der Waals surface area (Å²) in [6.45, 7) is 4.94. The maximum atomic E-state index is 12.4. The van der Waals surface area contributed by atoms with Crippen molar-refractivity contribution >= 4 is 15.7 Å². The van der Waals surface area contributed by atoms with Gasteiger partial charge in [0.2, 0.25) is 10.0 Å². The van der Waals surface area contributed by atoms with Crippen LogP contribution in [0.1, 0.15) is 11.1 Å². The van der Waals surface area contributed by atoms with Crippen LogP contribution in [0.5, 0.6) is 0 Å². The fourth-order valence-corrected chi connectivity index (χ4v) is 3.40. The third kappa shape index (κ3) is 4.73. The summed E-state index contributed by atoms with van der Waals surface area (Å²) < 4.78 is 31.9. The van der Waals surface area contributed by atoms with Gasteiger partial charge in [-0.2, -0.15) is 0 Å². The van der Waals surface area contributed by atoms with E-state index in [1.807, 2.05) is 0 Å². The first-order chi connectivity index (χ1) is 10.3. The van der Waals surface area contributed by atoms with Gasteiger partial charge >= 0.3 is 0 Å². The van der Waals surface area contributed by atoms with Gasteiger partial charge in [-0.05, 0) is 25.0 Å². The molecule has 0 amide bonds. The van der Waals surface area contributed by atoms with Gasteiger partial charge in [0.25, 0.3) is 5.69 Å². The lowest BCUT2D eigenvalue weighted by Crippen LogP contribution is -2.33. The van der Waals surface area contributed by atoms with E-state index in [1.165, 1.54) is 6.07 Å². The Morgan fingerprint density at radius 2 is 1.91 bits per heavy atom. The average molecular weight is 331 g/mol. The van der Waals surface area contributed by atoms with Gasteiger partial charge in [-0.15, -0.1) is 0 Å². The third-order valence-corrected chi connectivity index (χ3v) is 4.84. The van der Waals surface area contributed by atoms with Crippen molar-refractivity contribution in [3.05, 3.63) is 33.4 Å². The maximum Gasteiger partial charge on any atom is 0.289 e.